The van der Waals surface area contributed by atoms with E-state index in [9.17, 15) is 4.39 Å². The number of rotatable bonds is 1. The Bertz CT molecular complexity index is 80.6. The highest BCUT2D eigenvalue weighted by Gasteiger charge is 2.18. The van der Waals surface area contributed by atoms with Gasteiger partial charge in [-0.15, -0.1) is 0 Å². The predicted molar refractivity (Wildman–Crippen MR) is 27.0 cm³/mol. The highest BCUT2D eigenvalue weighted by atomic mass is 19.1. The van der Waals surface area contributed by atoms with E-state index in [1.54, 1.807) is 0 Å². The van der Waals surface area contributed by atoms with Crippen LogP contribution in [-0.4, -0.2) is 10.8 Å². The molecule has 0 aromatic heterocycles. The topological polar surface area (TPSA) is 20.2 Å². The fraction of sp³-hybridized carbons (Fsp3) is 0.600. The lowest BCUT2D eigenvalue weighted by Gasteiger charge is -2.09. The molecule has 0 aromatic rings. The molecule has 1 nitrogen and oxygen atoms in total. The summed E-state index contributed by atoms with van der Waals surface area (Å²) in [6, 6.07) is 0. The second-order valence-electron chi connectivity index (χ2n) is 1.92. The first-order valence-corrected chi connectivity index (χ1v) is 2.02. The van der Waals surface area contributed by atoms with Gasteiger partial charge in [-0.3, -0.25) is 0 Å². The summed E-state index contributed by atoms with van der Waals surface area (Å²) < 4.78 is 12.2. The maximum Gasteiger partial charge on any atom is 0.161 e. The summed E-state index contributed by atoms with van der Waals surface area (Å²) in [7, 11) is 0. The Morgan fingerprint density at radius 3 is 1.86 bits per heavy atom. The third kappa shape index (κ3) is 2.20. The lowest BCUT2D eigenvalue weighted by Crippen LogP contribution is -2.13. The molecule has 42 valence electrons. The molecule has 0 heterocycles. The second-order valence-corrected chi connectivity index (χ2v) is 1.92. The van der Waals surface area contributed by atoms with Crippen LogP contribution in [0.4, 0.5) is 4.39 Å². The van der Waals surface area contributed by atoms with Crippen molar-refractivity contribution in [1.82, 2.24) is 0 Å². The smallest absolute Gasteiger partial charge is 0.161 e. The van der Waals surface area contributed by atoms with Crippen molar-refractivity contribution in [3.05, 3.63) is 12.3 Å². The number of hydrogen-bond acceptors (Lipinski definition) is 1. The van der Waals surface area contributed by atoms with E-state index >= 15 is 0 Å². The number of halogens is 1. The van der Waals surface area contributed by atoms with Crippen molar-refractivity contribution in [2.45, 2.75) is 19.5 Å². The molecule has 0 unspecified atom stereocenters. The van der Waals surface area contributed by atoms with Gasteiger partial charge < -0.3 is 5.11 Å². The van der Waals surface area contributed by atoms with Crippen LogP contribution in [0.3, 0.4) is 0 Å². The summed E-state index contributed by atoms with van der Waals surface area (Å²) in [5.74, 6) is -0.424. The highest BCUT2D eigenvalue weighted by Crippen LogP contribution is 2.14. The molecule has 0 aromatic carbocycles. The minimum Gasteiger partial charge on any atom is -0.510 e. The summed E-state index contributed by atoms with van der Waals surface area (Å²) in [4.78, 5) is 0. The predicted octanol–water partition coefficient (Wildman–Crippen LogP) is 1.81. The summed E-state index contributed by atoms with van der Waals surface area (Å²) >= 11 is 0. The maximum absolute atomic E-state index is 12.2. The number of aliphatic hydroxyl groups excluding tert-OH is 1. The minimum atomic E-state index is -1.64. The summed E-state index contributed by atoms with van der Waals surface area (Å²) in [6.45, 7) is 5.50. The molecule has 0 saturated heterocycles. The molecule has 0 aliphatic heterocycles. The van der Waals surface area contributed by atoms with Crippen LogP contribution in [0.2, 0.25) is 0 Å². The van der Waals surface area contributed by atoms with E-state index in [4.69, 9.17) is 5.11 Å². The number of aliphatic hydroxyl groups is 1. The molecule has 7 heavy (non-hydrogen) atoms. The van der Waals surface area contributed by atoms with Crippen LogP contribution in [0.1, 0.15) is 13.8 Å². The average molecular weight is 104 g/mol. The van der Waals surface area contributed by atoms with E-state index in [1.807, 2.05) is 0 Å². The van der Waals surface area contributed by atoms with Crippen molar-refractivity contribution in [3.8, 4) is 0 Å². The Balaban J connectivity index is 3.79. The molecule has 1 N–H and O–H groups in total. The molecule has 0 aliphatic carbocycles. The van der Waals surface area contributed by atoms with Gasteiger partial charge in [-0.2, -0.15) is 0 Å². The van der Waals surface area contributed by atoms with Gasteiger partial charge in [-0.05, 0) is 13.8 Å². The standard InChI is InChI=1S/C5H9FO/c1-4(7)5(2,3)6/h7H,1H2,2-3H3. The highest BCUT2D eigenvalue weighted by molar-refractivity contribution is 4.96. The zero-order chi connectivity index (χ0) is 6.08. The van der Waals surface area contributed by atoms with Crippen LogP contribution in [0, 0.1) is 0 Å². The molecule has 0 saturated carbocycles. The lowest BCUT2D eigenvalue weighted by molar-refractivity contribution is 0.180. The molecule has 0 radical (unpaired) electrons. The monoisotopic (exact) mass is 104 g/mol. The summed E-state index contributed by atoms with van der Waals surface area (Å²) in [5.41, 5.74) is -1.64. The van der Waals surface area contributed by atoms with E-state index in [-0.39, 0.29) is 0 Å². The first-order valence-electron chi connectivity index (χ1n) is 2.02. The third-order valence-electron chi connectivity index (χ3n) is 0.686. The molecular formula is C5H9FO. The molecule has 0 bridgehead atoms. The van der Waals surface area contributed by atoms with Crippen LogP contribution in [0.15, 0.2) is 12.3 Å². The van der Waals surface area contributed by atoms with Crippen molar-refractivity contribution in [3.63, 3.8) is 0 Å². The SMILES string of the molecule is C=C(O)C(C)(C)F. The van der Waals surface area contributed by atoms with Crippen molar-refractivity contribution in [2.75, 3.05) is 0 Å². The number of allylic oxidation sites excluding steroid dienone is 1. The van der Waals surface area contributed by atoms with Crippen LogP contribution in [0.25, 0.3) is 0 Å². The molecule has 2 heteroatoms. The Labute approximate surface area is 42.5 Å². The van der Waals surface area contributed by atoms with Gasteiger partial charge in [0.1, 0.15) is 5.76 Å². The Morgan fingerprint density at radius 2 is 1.86 bits per heavy atom. The molecule has 0 atom stereocenters. The van der Waals surface area contributed by atoms with E-state index in [0.717, 1.165) is 0 Å². The van der Waals surface area contributed by atoms with Gasteiger partial charge in [0, 0.05) is 0 Å². The Morgan fingerprint density at radius 1 is 1.71 bits per heavy atom. The first kappa shape index (κ1) is 6.47. The molecular weight excluding hydrogens is 95.1 g/mol. The van der Waals surface area contributed by atoms with Gasteiger partial charge in [0.25, 0.3) is 0 Å². The van der Waals surface area contributed by atoms with Gasteiger partial charge in [0.05, 0.1) is 0 Å². The molecule has 0 spiro atoms. The summed E-state index contributed by atoms with van der Waals surface area (Å²) in [5, 5.41) is 8.32. The molecule has 0 aliphatic rings. The maximum atomic E-state index is 12.2. The normalized spacial score (nSPS) is 11.3. The van der Waals surface area contributed by atoms with E-state index in [2.05, 4.69) is 6.58 Å². The van der Waals surface area contributed by atoms with Gasteiger partial charge in [0.15, 0.2) is 5.67 Å². The third-order valence-corrected chi connectivity index (χ3v) is 0.686. The van der Waals surface area contributed by atoms with E-state index in [1.165, 1.54) is 13.8 Å². The lowest BCUT2D eigenvalue weighted by atomic mass is 10.1. The zero-order valence-electron chi connectivity index (χ0n) is 4.53. The van der Waals surface area contributed by atoms with Crippen molar-refractivity contribution in [1.29, 1.82) is 0 Å². The fourth-order valence-corrected chi connectivity index (χ4v) is 0. The number of hydrogen-bond donors (Lipinski definition) is 1. The summed E-state index contributed by atoms with van der Waals surface area (Å²) in [6.07, 6.45) is 0. The Kier molecular flexibility index (Phi) is 1.41. The van der Waals surface area contributed by atoms with Crippen LogP contribution in [-0.2, 0) is 0 Å². The average Bonchev–Trinajstić information content (AvgIpc) is 1.31. The van der Waals surface area contributed by atoms with E-state index < -0.39 is 11.4 Å². The van der Waals surface area contributed by atoms with Crippen molar-refractivity contribution >= 4 is 0 Å². The van der Waals surface area contributed by atoms with Crippen molar-refractivity contribution < 1.29 is 9.50 Å². The fourth-order valence-electron chi connectivity index (χ4n) is 0. The van der Waals surface area contributed by atoms with Gasteiger partial charge in [0.2, 0.25) is 0 Å². The van der Waals surface area contributed by atoms with Gasteiger partial charge >= 0.3 is 0 Å². The van der Waals surface area contributed by atoms with Gasteiger partial charge in [-0.1, -0.05) is 6.58 Å². The van der Waals surface area contributed by atoms with Crippen molar-refractivity contribution in [2.24, 2.45) is 0 Å². The van der Waals surface area contributed by atoms with Crippen LogP contribution < -0.4 is 0 Å². The molecule has 0 fully saturated rings. The van der Waals surface area contributed by atoms with E-state index in [0.29, 0.717) is 0 Å². The zero-order valence-corrected chi connectivity index (χ0v) is 4.53. The number of alkyl halides is 1. The van der Waals surface area contributed by atoms with Gasteiger partial charge in [-0.25, -0.2) is 4.39 Å². The quantitative estimate of drug-likeness (QED) is 0.503. The second kappa shape index (κ2) is 1.52. The molecule has 0 amide bonds. The largest absolute Gasteiger partial charge is 0.510 e. The van der Waals surface area contributed by atoms with Crippen LogP contribution >= 0.6 is 0 Å². The molecule has 0 rings (SSSR count). The first-order chi connectivity index (χ1) is 2.94. The Hall–Kier alpha value is -0.530. The minimum absolute atomic E-state index is 0.424. The van der Waals surface area contributed by atoms with Crippen LogP contribution in [0.5, 0.6) is 0 Å².